The van der Waals surface area contributed by atoms with E-state index in [2.05, 4.69) is 4.98 Å². The minimum absolute atomic E-state index is 0.132. The van der Waals surface area contributed by atoms with Crippen LogP contribution in [0.4, 0.5) is 5.69 Å². The fraction of sp³-hybridized carbons (Fsp3) is 0.182. The highest BCUT2D eigenvalue weighted by molar-refractivity contribution is 6.05. The molecule has 1 amide bonds. The highest BCUT2D eigenvalue weighted by Crippen LogP contribution is 2.21. The van der Waals surface area contributed by atoms with Gasteiger partial charge in [-0.3, -0.25) is 4.79 Å². The van der Waals surface area contributed by atoms with Gasteiger partial charge in [0.05, 0.1) is 0 Å². The second kappa shape index (κ2) is 8.30. The van der Waals surface area contributed by atoms with E-state index in [0.29, 0.717) is 24.7 Å². The first-order chi connectivity index (χ1) is 12.7. The highest BCUT2D eigenvalue weighted by Gasteiger charge is 2.19. The number of benzene rings is 2. The van der Waals surface area contributed by atoms with Gasteiger partial charge in [0.1, 0.15) is 12.3 Å². The van der Waals surface area contributed by atoms with Crippen LogP contribution in [-0.4, -0.2) is 17.4 Å². The maximum atomic E-state index is 13.0. The van der Waals surface area contributed by atoms with Gasteiger partial charge in [0, 0.05) is 18.3 Å². The quantitative estimate of drug-likeness (QED) is 0.653. The van der Waals surface area contributed by atoms with Crippen molar-refractivity contribution in [3.8, 4) is 5.88 Å². The lowest BCUT2D eigenvalue weighted by Crippen LogP contribution is -2.31. The van der Waals surface area contributed by atoms with Crippen LogP contribution in [0, 0.1) is 6.92 Å². The molecule has 0 spiro atoms. The number of hydrogen-bond donors (Lipinski definition) is 0. The zero-order chi connectivity index (χ0) is 18.4. The first-order valence-corrected chi connectivity index (χ1v) is 8.70. The smallest absolute Gasteiger partial charge is 0.277 e. The van der Waals surface area contributed by atoms with E-state index in [-0.39, 0.29) is 5.91 Å². The molecule has 3 aromatic rings. The van der Waals surface area contributed by atoms with Gasteiger partial charge in [-0.2, -0.15) is 0 Å². The Balaban J connectivity index is 1.78. The fourth-order valence-corrected chi connectivity index (χ4v) is 2.77. The van der Waals surface area contributed by atoms with Crippen LogP contribution in [0.1, 0.15) is 28.5 Å². The zero-order valence-corrected chi connectivity index (χ0v) is 15.1. The number of pyridine rings is 1. The molecule has 0 aliphatic heterocycles. The molecule has 0 bridgehead atoms. The van der Waals surface area contributed by atoms with Crippen LogP contribution in [-0.2, 0) is 6.61 Å². The SMILES string of the molecule is CCN(C(=O)c1cccc(OCc2ccccc2)n1)c1ccccc1C. The summed E-state index contributed by atoms with van der Waals surface area (Å²) in [5.41, 5.74) is 3.39. The van der Waals surface area contributed by atoms with Crippen LogP contribution in [0.3, 0.4) is 0 Å². The Kier molecular flexibility index (Phi) is 5.64. The summed E-state index contributed by atoms with van der Waals surface area (Å²) < 4.78 is 5.74. The molecule has 0 aliphatic rings. The number of aryl methyl sites for hydroxylation is 1. The molecule has 26 heavy (non-hydrogen) atoms. The molecule has 0 unspecified atom stereocenters. The minimum atomic E-state index is -0.132. The fourth-order valence-electron chi connectivity index (χ4n) is 2.77. The number of nitrogens with zero attached hydrogens (tertiary/aromatic N) is 2. The van der Waals surface area contributed by atoms with E-state index < -0.39 is 0 Å². The molecule has 0 aliphatic carbocycles. The summed E-state index contributed by atoms with van der Waals surface area (Å²) in [7, 11) is 0. The monoisotopic (exact) mass is 346 g/mol. The topological polar surface area (TPSA) is 42.4 Å². The summed E-state index contributed by atoms with van der Waals surface area (Å²) in [6, 6.07) is 23.0. The van der Waals surface area contributed by atoms with Crippen molar-refractivity contribution in [2.75, 3.05) is 11.4 Å². The van der Waals surface area contributed by atoms with Crippen LogP contribution in [0.15, 0.2) is 72.8 Å². The number of para-hydroxylation sites is 1. The molecule has 1 heterocycles. The van der Waals surface area contributed by atoms with Gasteiger partial charge >= 0.3 is 0 Å². The molecule has 0 saturated heterocycles. The molecular weight excluding hydrogens is 324 g/mol. The van der Waals surface area contributed by atoms with Crippen molar-refractivity contribution in [1.82, 2.24) is 4.98 Å². The van der Waals surface area contributed by atoms with E-state index in [1.807, 2.05) is 68.4 Å². The van der Waals surface area contributed by atoms with E-state index in [1.54, 1.807) is 23.1 Å². The number of hydrogen-bond acceptors (Lipinski definition) is 3. The Morgan fingerprint density at radius 3 is 2.42 bits per heavy atom. The van der Waals surface area contributed by atoms with Gasteiger partial charge < -0.3 is 9.64 Å². The summed E-state index contributed by atoms with van der Waals surface area (Å²) in [4.78, 5) is 19.1. The van der Waals surface area contributed by atoms with Gasteiger partial charge in [0.2, 0.25) is 5.88 Å². The summed E-state index contributed by atoms with van der Waals surface area (Å²) in [5.74, 6) is 0.313. The van der Waals surface area contributed by atoms with Crippen LogP contribution in [0.25, 0.3) is 0 Å². The third-order valence-electron chi connectivity index (χ3n) is 4.14. The lowest BCUT2D eigenvalue weighted by atomic mass is 10.1. The van der Waals surface area contributed by atoms with Gasteiger partial charge in [-0.15, -0.1) is 0 Å². The molecule has 4 heteroatoms. The van der Waals surface area contributed by atoms with Crippen LogP contribution in [0.5, 0.6) is 5.88 Å². The number of aromatic nitrogens is 1. The Bertz CT molecular complexity index is 878. The van der Waals surface area contributed by atoms with Crippen molar-refractivity contribution < 1.29 is 9.53 Å². The van der Waals surface area contributed by atoms with E-state index in [0.717, 1.165) is 16.8 Å². The van der Waals surface area contributed by atoms with Crippen molar-refractivity contribution in [3.05, 3.63) is 89.6 Å². The maximum Gasteiger partial charge on any atom is 0.277 e. The van der Waals surface area contributed by atoms with Crippen molar-refractivity contribution in [1.29, 1.82) is 0 Å². The van der Waals surface area contributed by atoms with Crippen molar-refractivity contribution >= 4 is 11.6 Å². The van der Waals surface area contributed by atoms with Crippen LogP contribution in [0.2, 0.25) is 0 Å². The Morgan fingerprint density at radius 1 is 0.962 bits per heavy atom. The number of rotatable bonds is 6. The largest absolute Gasteiger partial charge is 0.473 e. The summed E-state index contributed by atoms with van der Waals surface area (Å²) in [6.45, 7) is 4.94. The number of carbonyl (C=O) groups excluding carboxylic acids is 1. The molecule has 0 atom stereocenters. The molecule has 0 radical (unpaired) electrons. The number of anilines is 1. The van der Waals surface area contributed by atoms with Gasteiger partial charge in [0.25, 0.3) is 5.91 Å². The number of carbonyl (C=O) groups is 1. The first kappa shape index (κ1) is 17.7. The van der Waals surface area contributed by atoms with Gasteiger partial charge in [-0.1, -0.05) is 54.6 Å². The molecule has 0 fully saturated rings. The Hall–Kier alpha value is -3.14. The van der Waals surface area contributed by atoms with Gasteiger partial charge in [-0.05, 0) is 37.1 Å². The second-order valence-electron chi connectivity index (χ2n) is 5.97. The number of ether oxygens (including phenoxy) is 1. The molecule has 132 valence electrons. The van der Waals surface area contributed by atoms with Crippen LogP contribution >= 0.6 is 0 Å². The molecular formula is C22H22N2O2. The average Bonchev–Trinajstić information content (AvgIpc) is 2.69. The third kappa shape index (κ3) is 4.09. The molecule has 2 aromatic carbocycles. The van der Waals surface area contributed by atoms with Crippen molar-refractivity contribution in [3.63, 3.8) is 0 Å². The molecule has 1 aromatic heterocycles. The Labute approximate surface area is 154 Å². The zero-order valence-electron chi connectivity index (χ0n) is 15.1. The van der Waals surface area contributed by atoms with Crippen molar-refractivity contribution in [2.24, 2.45) is 0 Å². The molecule has 0 N–H and O–H groups in total. The first-order valence-electron chi connectivity index (χ1n) is 8.70. The van der Waals surface area contributed by atoms with E-state index in [4.69, 9.17) is 4.74 Å². The van der Waals surface area contributed by atoms with Crippen molar-refractivity contribution in [2.45, 2.75) is 20.5 Å². The van der Waals surface area contributed by atoms with E-state index in [9.17, 15) is 4.79 Å². The predicted molar refractivity (Wildman–Crippen MR) is 104 cm³/mol. The third-order valence-corrected chi connectivity index (χ3v) is 4.14. The predicted octanol–water partition coefficient (Wildman–Crippen LogP) is 4.64. The average molecular weight is 346 g/mol. The van der Waals surface area contributed by atoms with Gasteiger partial charge in [0.15, 0.2) is 0 Å². The van der Waals surface area contributed by atoms with E-state index >= 15 is 0 Å². The Morgan fingerprint density at radius 2 is 1.69 bits per heavy atom. The second-order valence-corrected chi connectivity index (χ2v) is 5.97. The lowest BCUT2D eigenvalue weighted by molar-refractivity contribution is 0.0982. The summed E-state index contributed by atoms with van der Waals surface area (Å²) in [5, 5.41) is 0. The van der Waals surface area contributed by atoms with Crippen LogP contribution < -0.4 is 9.64 Å². The molecule has 3 rings (SSSR count). The summed E-state index contributed by atoms with van der Waals surface area (Å²) >= 11 is 0. The molecule has 0 saturated carbocycles. The van der Waals surface area contributed by atoms with E-state index in [1.165, 1.54) is 0 Å². The van der Waals surface area contributed by atoms with Gasteiger partial charge in [-0.25, -0.2) is 4.98 Å². The minimum Gasteiger partial charge on any atom is -0.473 e. The lowest BCUT2D eigenvalue weighted by Gasteiger charge is -2.22. The molecule has 4 nitrogen and oxygen atoms in total. The standard InChI is InChI=1S/C22H22N2O2/c1-3-24(20-14-8-7-10-17(20)2)22(25)19-13-9-15-21(23-19)26-16-18-11-5-4-6-12-18/h4-15H,3,16H2,1-2H3. The number of amides is 1. The normalized spacial score (nSPS) is 10.4. The maximum absolute atomic E-state index is 13.0. The summed E-state index contributed by atoms with van der Waals surface area (Å²) in [6.07, 6.45) is 0. The highest BCUT2D eigenvalue weighted by atomic mass is 16.5.